The zero-order valence-electron chi connectivity index (χ0n) is 12.7. The van der Waals surface area contributed by atoms with Crippen LogP contribution in [0, 0.1) is 5.41 Å². The van der Waals surface area contributed by atoms with E-state index >= 15 is 0 Å². The number of benzene rings is 2. The van der Waals surface area contributed by atoms with Gasteiger partial charge in [-0.2, -0.15) is 0 Å². The molecule has 112 valence electrons. The normalized spacial score (nSPS) is 21.1. The van der Waals surface area contributed by atoms with E-state index in [-0.39, 0.29) is 11.7 Å². The van der Waals surface area contributed by atoms with E-state index in [4.69, 9.17) is 0 Å². The van der Waals surface area contributed by atoms with Gasteiger partial charge in [0, 0.05) is 12.2 Å². The minimum absolute atomic E-state index is 0.0419. The molecule has 1 heterocycles. The number of Topliss-reactive ketones (excluding diaryl/α,β-unsaturated/α-hetero) is 1. The first-order valence-electron chi connectivity index (χ1n) is 7.55. The van der Waals surface area contributed by atoms with Crippen LogP contribution in [0.1, 0.15) is 18.9 Å². The highest BCUT2D eigenvalue weighted by atomic mass is 16.2. The van der Waals surface area contributed by atoms with Gasteiger partial charge in [-0.15, -0.1) is 0 Å². The lowest BCUT2D eigenvalue weighted by Gasteiger charge is -2.25. The zero-order valence-corrected chi connectivity index (χ0v) is 12.7. The zero-order chi connectivity index (χ0) is 15.6. The summed E-state index contributed by atoms with van der Waals surface area (Å²) in [6, 6.07) is 19.3. The van der Waals surface area contributed by atoms with Gasteiger partial charge in [0.15, 0.2) is 0 Å². The summed E-state index contributed by atoms with van der Waals surface area (Å²) in [5.74, 6) is -0.116. The fraction of sp³-hybridized carbons (Fsp3) is 0.263. The summed E-state index contributed by atoms with van der Waals surface area (Å²) in [7, 11) is 0. The van der Waals surface area contributed by atoms with Gasteiger partial charge in [0.2, 0.25) is 5.91 Å². The smallest absolute Gasteiger partial charge is 0.241 e. The van der Waals surface area contributed by atoms with E-state index in [0.29, 0.717) is 19.4 Å². The summed E-state index contributed by atoms with van der Waals surface area (Å²) < 4.78 is 0. The summed E-state index contributed by atoms with van der Waals surface area (Å²) in [5, 5.41) is 0. The van der Waals surface area contributed by atoms with Gasteiger partial charge in [0.25, 0.3) is 0 Å². The Balaban J connectivity index is 1.93. The Morgan fingerprint density at radius 3 is 2.23 bits per heavy atom. The van der Waals surface area contributed by atoms with Gasteiger partial charge in [-0.05, 0) is 37.5 Å². The van der Waals surface area contributed by atoms with Gasteiger partial charge in [-0.25, -0.2) is 0 Å². The Morgan fingerprint density at radius 2 is 1.64 bits per heavy atom. The molecule has 1 amide bonds. The molecule has 0 aromatic heterocycles. The predicted octanol–water partition coefficient (Wildman–Crippen LogP) is 3.24. The quantitative estimate of drug-likeness (QED) is 0.812. The monoisotopic (exact) mass is 293 g/mol. The number of ketones is 1. The maximum absolute atomic E-state index is 13.0. The van der Waals surface area contributed by atoms with E-state index in [9.17, 15) is 9.59 Å². The van der Waals surface area contributed by atoms with Crippen molar-refractivity contribution in [3.63, 3.8) is 0 Å². The number of hydrogen-bond donors (Lipinski definition) is 0. The standard InChI is InChI=1S/C19H19NO2/c1-15(21)19(14-16-8-4-2-5-9-16)12-13-20(18(19)22)17-10-6-3-7-11-17/h2-11H,12-14H2,1H3. The highest BCUT2D eigenvalue weighted by Crippen LogP contribution is 2.38. The summed E-state index contributed by atoms with van der Waals surface area (Å²) in [6.45, 7) is 2.13. The molecule has 3 heteroatoms. The Hall–Kier alpha value is -2.42. The lowest BCUT2D eigenvalue weighted by molar-refractivity contribution is -0.137. The Labute approximate surface area is 130 Å². The number of carbonyl (C=O) groups is 2. The minimum atomic E-state index is -0.919. The first-order chi connectivity index (χ1) is 10.6. The van der Waals surface area contributed by atoms with Crippen LogP contribution < -0.4 is 4.90 Å². The summed E-state index contributed by atoms with van der Waals surface area (Å²) >= 11 is 0. The van der Waals surface area contributed by atoms with Crippen molar-refractivity contribution in [3.05, 3.63) is 66.2 Å². The van der Waals surface area contributed by atoms with Crippen molar-refractivity contribution in [1.29, 1.82) is 0 Å². The van der Waals surface area contributed by atoms with Crippen molar-refractivity contribution >= 4 is 17.4 Å². The number of nitrogens with zero attached hydrogens (tertiary/aromatic N) is 1. The van der Waals surface area contributed by atoms with Crippen molar-refractivity contribution in [2.45, 2.75) is 19.8 Å². The molecule has 0 radical (unpaired) electrons. The molecule has 3 rings (SSSR count). The van der Waals surface area contributed by atoms with Gasteiger partial charge >= 0.3 is 0 Å². The topological polar surface area (TPSA) is 37.4 Å². The van der Waals surface area contributed by atoms with Gasteiger partial charge in [0.05, 0.1) is 0 Å². The lowest BCUT2D eigenvalue weighted by Crippen LogP contribution is -2.41. The average molecular weight is 293 g/mol. The van der Waals surface area contributed by atoms with Crippen LogP contribution in [0.4, 0.5) is 5.69 Å². The molecule has 1 fully saturated rings. The van der Waals surface area contributed by atoms with Crippen molar-refractivity contribution in [2.75, 3.05) is 11.4 Å². The second-order valence-corrected chi connectivity index (χ2v) is 5.84. The van der Waals surface area contributed by atoms with Crippen LogP contribution in [0.15, 0.2) is 60.7 Å². The molecule has 0 saturated carbocycles. The van der Waals surface area contributed by atoms with Crippen LogP contribution in [-0.2, 0) is 16.0 Å². The van der Waals surface area contributed by atoms with Crippen LogP contribution in [0.3, 0.4) is 0 Å². The molecule has 0 aliphatic carbocycles. The van der Waals surface area contributed by atoms with Gasteiger partial charge < -0.3 is 4.90 Å². The van der Waals surface area contributed by atoms with Gasteiger partial charge in [-0.3, -0.25) is 9.59 Å². The minimum Gasteiger partial charge on any atom is -0.312 e. The van der Waals surface area contributed by atoms with E-state index in [1.807, 2.05) is 60.7 Å². The molecule has 0 bridgehead atoms. The number of carbonyl (C=O) groups excluding carboxylic acids is 2. The average Bonchev–Trinajstić information content (AvgIpc) is 2.87. The third-order valence-corrected chi connectivity index (χ3v) is 4.51. The first-order valence-corrected chi connectivity index (χ1v) is 7.55. The Bertz CT molecular complexity index is 681. The fourth-order valence-electron chi connectivity index (χ4n) is 3.18. The number of anilines is 1. The number of rotatable bonds is 4. The molecule has 22 heavy (non-hydrogen) atoms. The summed E-state index contributed by atoms with van der Waals surface area (Å²) in [6.07, 6.45) is 1.05. The largest absolute Gasteiger partial charge is 0.312 e. The highest BCUT2D eigenvalue weighted by Gasteiger charge is 2.50. The van der Waals surface area contributed by atoms with Crippen LogP contribution >= 0.6 is 0 Å². The molecule has 1 saturated heterocycles. The van der Waals surface area contributed by atoms with E-state index in [2.05, 4.69) is 0 Å². The van der Waals surface area contributed by atoms with Gasteiger partial charge in [0.1, 0.15) is 11.2 Å². The van der Waals surface area contributed by atoms with Crippen LogP contribution in [0.25, 0.3) is 0 Å². The molecule has 1 aliphatic rings. The van der Waals surface area contributed by atoms with Crippen molar-refractivity contribution in [2.24, 2.45) is 5.41 Å². The maximum Gasteiger partial charge on any atom is 0.241 e. The predicted molar refractivity (Wildman–Crippen MR) is 86.7 cm³/mol. The molecular formula is C19H19NO2. The fourth-order valence-corrected chi connectivity index (χ4v) is 3.18. The summed E-state index contributed by atoms with van der Waals surface area (Å²) in [5.41, 5.74) is 0.974. The first kappa shape index (κ1) is 14.5. The second kappa shape index (κ2) is 5.76. The molecule has 0 spiro atoms. The van der Waals surface area contributed by atoms with E-state index < -0.39 is 5.41 Å². The third kappa shape index (κ3) is 2.43. The lowest BCUT2D eigenvalue weighted by atomic mass is 9.77. The molecule has 1 unspecified atom stereocenters. The SMILES string of the molecule is CC(=O)C1(Cc2ccccc2)CCN(c2ccccc2)C1=O. The van der Waals surface area contributed by atoms with Crippen LogP contribution in [0.2, 0.25) is 0 Å². The molecule has 1 atom stereocenters. The van der Waals surface area contributed by atoms with Crippen molar-refractivity contribution in [1.82, 2.24) is 0 Å². The Morgan fingerprint density at radius 1 is 1.05 bits per heavy atom. The van der Waals surface area contributed by atoms with Crippen molar-refractivity contribution < 1.29 is 9.59 Å². The van der Waals surface area contributed by atoms with E-state index in [1.54, 1.807) is 4.90 Å². The maximum atomic E-state index is 13.0. The van der Waals surface area contributed by atoms with Crippen LogP contribution in [0.5, 0.6) is 0 Å². The molecule has 2 aromatic carbocycles. The number of para-hydroxylation sites is 1. The van der Waals surface area contributed by atoms with Crippen molar-refractivity contribution in [3.8, 4) is 0 Å². The molecule has 0 N–H and O–H groups in total. The van der Waals surface area contributed by atoms with Gasteiger partial charge in [-0.1, -0.05) is 48.5 Å². The number of amides is 1. The Kier molecular flexibility index (Phi) is 3.80. The van der Waals surface area contributed by atoms with E-state index in [0.717, 1.165) is 11.3 Å². The molecule has 3 nitrogen and oxygen atoms in total. The molecule has 2 aromatic rings. The van der Waals surface area contributed by atoms with Crippen LogP contribution in [-0.4, -0.2) is 18.2 Å². The third-order valence-electron chi connectivity index (χ3n) is 4.51. The molecule has 1 aliphatic heterocycles. The summed E-state index contributed by atoms with van der Waals surface area (Å²) in [4.78, 5) is 27.0. The second-order valence-electron chi connectivity index (χ2n) is 5.84. The number of hydrogen-bond acceptors (Lipinski definition) is 2. The highest BCUT2D eigenvalue weighted by molar-refractivity contribution is 6.13. The molecular weight excluding hydrogens is 274 g/mol. The van der Waals surface area contributed by atoms with E-state index in [1.165, 1.54) is 6.92 Å².